The van der Waals surface area contributed by atoms with E-state index in [0.29, 0.717) is 23.8 Å². The second kappa shape index (κ2) is 9.89. The number of aromatic nitrogens is 2. The monoisotopic (exact) mass is 500 g/mol. The van der Waals surface area contributed by atoms with Gasteiger partial charge >= 0.3 is 0 Å². The van der Waals surface area contributed by atoms with E-state index in [9.17, 15) is 9.18 Å². The van der Waals surface area contributed by atoms with E-state index in [1.807, 2.05) is 18.2 Å². The summed E-state index contributed by atoms with van der Waals surface area (Å²) in [5, 5.41) is 5.38. The highest BCUT2D eigenvalue weighted by molar-refractivity contribution is 6.74. The van der Waals surface area contributed by atoms with Gasteiger partial charge in [0.05, 0.1) is 20.7 Å². The highest BCUT2D eigenvalue weighted by Crippen LogP contribution is 2.27. The van der Waals surface area contributed by atoms with Crippen molar-refractivity contribution >= 4 is 42.3 Å². The zero-order chi connectivity index (χ0) is 25.4. The Balaban J connectivity index is 1.59. The fourth-order valence-corrected chi connectivity index (χ4v) is 6.64. The number of anilines is 2. The molecule has 186 valence electrons. The lowest BCUT2D eigenvalue weighted by molar-refractivity contribution is 0.102. The molecule has 0 spiro atoms. The zero-order valence-electron chi connectivity index (χ0n) is 21.4. The van der Waals surface area contributed by atoms with E-state index in [0.717, 1.165) is 40.6 Å². The minimum atomic E-state index is -1.43. The quantitative estimate of drug-likeness (QED) is 0.341. The van der Waals surface area contributed by atoms with Gasteiger partial charge in [0.1, 0.15) is 17.3 Å². The molecular formula is C29H33FN4OSi. The van der Waals surface area contributed by atoms with Crippen molar-refractivity contribution in [2.75, 3.05) is 23.3 Å². The molecule has 0 aliphatic carbocycles. The summed E-state index contributed by atoms with van der Waals surface area (Å²) in [4.78, 5) is 20.6. The number of nitrogens with zero attached hydrogens (tertiary/aromatic N) is 3. The highest BCUT2D eigenvalue weighted by atomic mass is 28.3. The first-order valence-electron chi connectivity index (χ1n) is 12.7. The summed E-state index contributed by atoms with van der Waals surface area (Å²) >= 11 is 0. The van der Waals surface area contributed by atoms with Gasteiger partial charge in [0.15, 0.2) is 0 Å². The van der Waals surface area contributed by atoms with Crippen LogP contribution in [0.5, 0.6) is 0 Å². The number of hydrogen-bond donors (Lipinski definition) is 1. The number of carbonyl (C=O) groups is 1. The van der Waals surface area contributed by atoms with Gasteiger partial charge in [-0.25, -0.2) is 9.37 Å². The fourth-order valence-electron chi connectivity index (χ4n) is 4.95. The maximum absolute atomic E-state index is 14.0. The maximum Gasteiger partial charge on any atom is 0.272 e. The number of rotatable bonds is 7. The SMILES string of the molecule is CC(C)c1ccc2c(c1)c([SiH](C)C)c(C(=O)Nc1ccc(N3CCC3)nc1)n2Cc1cccc(F)c1. The summed E-state index contributed by atoms with van der Waals surface area (Å²) in [5.41, 5.74) is 4.43. The topological polar surface area (TPSA) is 50.2 Å². The van der Waals surface area contributed by atoms with Crippen molar-refractivity contribution in [2.24, 2.45) is 0 Å². The predicted octanol–water partition coefficient (Wildman–Crippen LogP) is 5.50. The summed E-state index contributed by atoms with van der Waals surface area (Å²) in [5.74, 6) is 0.902. The number of amides is 1. The first-order valence-corrected chi connectivity index (χ1v) is 15.6. The van der Waals surface area contributed by atoms with Crippen LogP contribution in [-0.4, -0.2) is 37.3 Å². The number of benzene rings is 2. The van der Waals surface area contributed by atoms with Gasteiger partial charge in [-0.15, -0.1) is 0 Å². The molecule has 1 amide bonds. The van der Waals surface area contributed by atoms with Crippen LogP contribution in [0.1, 0.15) is 47.8 Å². The summed E-state index contributed by atoms with van der Waals surface area (Å²) in [6.45, 7) is 11.3. The van der Waals surface area contributed by atoms with Gasteiger partial charge in [-0.1, -0.05) is 45.1 Å². The van der Waals surface area contributed by atoms with Crippen molar-refractivity contribution in [1.29, 1.82) is 0 Å². The molecule has 1 aliphatic heterocycles. The van der Waals surface area contributed by atoms with E-state index in [4.69, 9.17) is 0 Å². The first kappa shape index (κ1) is 24.3. The lowest BCUT2D eigenvalue weighted by atomic mass is 10.0. The van der Waals surface area contributed by atoms with Crippen LogP contribution < -0.4 is 15.4 Å². The minimum Gasteiger partial charge on any atom is -0.356 e. The van der Waals surface area contributed by atoms with Gasteiger partial charge in [-0.3, -0.25) is 4.79 Å². The van der Waals surface area contributed by atoms with Crippen molar-refractivity contribution in [1.82, 2.24) is 9.55 Å². The molecule has 4 aromatic rings. The molecular weight excluding hydrogens is 467 g/mol. The number of nitrogens with one attached hydrogen (secondary N) is 1. The molecule has 0 unspecified atom stereocenters. The first-order chi connectivity index (χ1) is 17.3. The highest BCUT2D eigenvalue weighted by Gasteiger charge is 2.26. The second-order valence-corrected chi connectivity index (χ2v) is 13.2. The van der Waals surface area contributed by atoms with Crippen molar-refractivity contribution < 1.29 is 9.18 Å². The Hall–Kier alpha value is -3.45. The van der Waals surface area contributed by atoms with Gasteiger partial charge < -0.3 is 14.8 Å². The molecule has 3 heterocycles. The van der Waals surface area contributed by atoms with Crippen LogP contribution in [0.3, 0.4) is 0 Å². The van der Waals surface area contributed by atoms with E-state index in [1.54, 1.807) is 18.3 Å². The third-order valence-electron chi connectivity index (χ3n) is 7.00. The number of pyridine rings is 1. The standard InChI is InChI=1S/C29H33FN4OSi/c1-19(2)21-9-11-25-24(16-21)28(36(3)4)27(34(25)18-20-7-5-8-22(30)15-20)29(35)32-23-10-12-26(31-17-23)33-13-6-14-33/h5,7-12,15-17,19,36H,6,13-14,18H2,1-4H3,(H,32,35). The predicted molar refractivity (Wildman–Crippen MR) is 149 cm³/mol. The smallest absolute Gasteiger partial charge is 0.272 e. The van der Waals surface area contributed by atoms with Crippen LogP contribution in [0.25, 0.3) is 10.9 Å². The van der Waals surface area contributed by atoms with Crippen molar-refractivity contribution in [3.8, 4) is 0 Å². The molecule has 0 saturated carbocycles. The molecule has 2 aromatic carbocycles. The third kappa shape index (κ3) is 4.67. The molecule has 5 nitrogen and oxygen atoms in total. The summed E-state index contributed by atoms with van der Waals surface area (Å²) in [7, 11) is -1.43. The Bertz CT molecular complexity index is 1410. The minimum absolute atomic E-state index is 0.150. The zero-order valence-corrected chi connectivity index (χ0v) is 22.5. The van der Waals surface area contributed by atoms with Crippen LogP contribution in [0.2, 0.25) is 13.1 Å². The molecule has 1 N–H and O–H groups in total. The lowest BCUT2D eigenvalue weighted by Gasteiger charge is -2.31. The summed E-state index contributed by atoms with van der Waals surface area (Å²) in [6, 6.07) is 17.0. The number of halogens is 1. The van der Waals surface area contributed by atoms with Crippen molar-refractivity contribution in [3.05, 3.63) is 83.4 Å². The van der Waals surface area contributed by atoms with E-state index >= 15 is 0 Å². The molecule has 0 radical (unpaired) electrons. The van der Waals surface area contributed by atoms with Crippen LogP contribution in [-0.2, 0) is 6.54 Å². The fraction of sp³-hybridized carbons (Fsp3) is 0.310. The Labute approximate surface area is 213 Å². The number of fused-ring (bicyclic) bond motifs is 1. The van der Waals surface area contributed by atoms with Crippen LogP contribution in [0, 0.1) is 5.82 Å². The van der Waals surface area contributed by atoms with Crippen LogP contribution in [0.15, 0.2) is 60.8 Å². The van der Waals surface area contributed by atoms with E-state index < -0.39 is 8.80 Å². The molecule has 1 fully saturated rings. The normalized spacial score (nSPS) is 13.5. The van der Waals surface area contributed by atoms with E-state index in [-0.39, 0.29) is 11.7 Å². The lowest BCUT2D eigenvalue weighted by Crippen LogP contribution is -2.37. The van der Waals surface area contributed by atoms with Gasteiger partial charge in [0.2, 0.25) is 0 Å². The maximum atomic E-state index is 14.0. The third-order valence-corrected chi connectivity index (χ3v) is 8.74. The summed E-state index contributed by atoms with van der Waals surface area (Å²) in [6.07, 6.45) is 2.92. The van der Waals surface area contributed by atoms with Gasteiger partial charge in [-0.2, -0.15) is 0 Å². The van der Waals surface area contributed by atoms with Crippen LogP contribution >= 0.6 is 0 Å². The van der Waals surface area contributed by atoms with Gasteiger partial charge in [0.25, 0.3) is 5.91 Å². The molecule has 7 heteroatoms. The second-order valence-electron chi connectivity index (χ2n) is 10.3. The molecule has 0 bridgehead atoms. The molecule has 36 heavy (non-hydrogen) atoms. The molecule has 5 rings (SSSR count). The van der Waals surface area contributed by atoms with Gasteiger partial charge in [-0.05, 0) is 70.4 Å². The van der Waals surface area contributed by atoms with Crippen molar-refractivity contribution in [2.45, 2.75) is 45.8 Å². The molecule has 0 atom stereocenters. The van der Waals surface area contributed by atoms with Gasteiger partial charge in [0, 0.05) is 25.2 Å². The van der Waals surface area contributed by atoms with Crippen LogP contribution in [0.4, 0.5) is 15.9 Å². The number of carbonyl (C=O) groups excluding carboxylic acids is 1. The largest absolute Gasteiger partial charge is 0.356 e. The molecule has 1 saturated heterocycles. The number of hydrogen-bond acceptors (Lipinski definition) is 3. The Morgan fingerprint density at radius 1 is 1.11 bits per heavy atom. The molecule has 2 aromatic heterocycles. The average Bonchev–Trinajstić information content (AvgIpc) is 3.13. The average molecular weight is 501 g/mol. The molecule has 1 aliphatic rings. The van der Waals surface area contributed by atoms with Crippen molar-refractivity contribution in [3.63, 3.8) is 0 Å². The Kier molecular flexibility index (Phi) is 6.66. The Morgan fingerprint density at radius 2 is 1.92 bits per heavy atom. The summed E-state index contributed by atoms with van der Waals surface area (Å²) < 4.78 is 16.1. The van der Waals surface area contributed by atoms with E-state index in [1.165, 1.54) is 18.1 Å². The Morgan fingerprint density at radius 3 is 2.53 bits per heavy atom. The van der Waals surface area contributed by atoms with E-state index in [2.05, 4.69) is 64.9 Å².